The van der Waals surface area contributed by atoms with Crippen molar-refractivity contribution in [1.82, 2.24) is 5.32 Å². The largest absolute Gasteiger partial charge is 0.411 e. The number of carbonyl (C=O) groups excluding carboxylic acids is 1. The number of rotatable bonds is 7. The lowest BCUT2D eigenvalue weighted by Crippen LogP contribution is -2.43. The Morgan fingerprint density at radius 2 is 1.95 bits per heavy atom. The molecule has 0 spiro atoms. The highest BCUT2D eigenvalue weighted by Crippen LogP contribution is 2.16. The van der Waals surface area contributed by atoms with E-state index in [2.05, 4.69) is 10.1 Å². The van der Waals surface area contributed by atoms with Gasteiger partial charge in [0, 0.05) is 6.54 Å². The normalized spacial score (nSPS) is 13.2. The summed E-state index contributed by atoms with van der Waals surface area (Å²) in [5, 5.41) is 2.70. The summed E-state index contributed by atoms with van der Waals surface area (Å²) in [5.74, 6) is -0.226. The Morgan fingerprint density at radius 3 is 2.55 bits per heavy atom. The fourth-order valence-electron chi connectivity index (χ4n) is 1.72. The second kappa shape index (κ2) is 8.14. The van der Waals surface area contributed by atoms with E-state index < -0.39 is 18.8 Å². The highest BCUT2D eigenvalue weighted by Gasteiger charge is 2.27. The quantitative estimate of drug-likeness (QED) is 0.811. The topological polar surface area (TPSA) is 64.4 Å². The Morgan fingerprint density at radius 1 is 1.32 bits per heavy atom. The number of alkyl halides is 3. The number of hydrogen-bond acceptors (Lipinski definition) is 3. The van der Waals surface area contributed by atoms with Gasteiger partial charge in [0.05, 0.1) is 12.6 Å². The molecule has 1 amide bonds. The number of benzene rings is 1. The SMILES string of the molecule is CC(C)[C@H](N)C(=O)NCc1cccc(COCC(F)(F)F)c1. The maximum atomic E-state index is 12.0. The number of amides is 1. The van der Waals surface area contributed by atoms with Crippen molar-refractivity contribution in [2.24, 2.45) is 11.7 Å². The molecule has 3 N–H and O–H groups in total. The van der Waals surface area contributed by atoms with Crippen LogP contribution in [0.15, 0.2) is 24.3 Å². The fraction of sp³-hybridized carbons (Fsp3) is 0.533. The van der Waals surface area contributed by atoms with Gasteiger partial charge in [-0.2, -0.15) is 13.2 Å². The Labute approximate surface area is 127 Å². The zero-order valence-electron chi connectivity index (χ0n) is 12.6. The summed E-state index contributed by atoms with van der Waals surface area (Å²) in [6.45, 7) is 2.56. The van der Waals surface area contributed by atoms with Crippen molar-refractivity contribution in [2.75, 3.05) is 6.61 Å². The average molecular weight is 318 g/mol. The molecule has 0 bridgehead atoms. The van der Waals surface area contributed by atoms with Crippen LogP contribution in [0.2, 0.25) is 0 Å². The summed E-state index contributed by atoms with van der Waals surface area (Å²) < 4.78 is 40.6. The van der Waals surface area contributed by atoms with Gasteiger partial charge in [-0.1, -0.05) is 38.1 Å². The third-order valence-corrected chi connectivity index (χ3v) is 3.01. The fourth-order valence-corrected chi connectivity index (χ4v) is 1.72. The summed E-state index contributed by atoms with van der Waals surface area (Å²) in [4.78, 5) is 11.7. The van der Waals surface area contributed by atoms with Crippen LogP contribution in [0.1, 0.15) is 25.0 Å². The number of nitrogens with one attached hydrogen (secondary N) is 1. The van der Waals surface area contributed by atoms with Crippen LogP contribution in [0.4, 0.5) is 13.2 Å². The van der Waals surface area contributed by atoms with Crippen LogP contribution in [0.5, 0.6) is 0 Å². The minimum atomic E-state index is -4.33. The van der Waals surface area contributed by atoms with Gasteiger partial charge in [0.15, 0.2) is 0 Å². The molecule has 0 fully saturated rings. The number of ether oxygens (including phenoxy) is 1. The molecular formula is C15H21F3N2O2. The van der Waals surface area contributed by atoms with Crippen LogP contribution in [0.25, 0.3) is 0 Å². The lowest BCUT2D eigenvalue weighted by atomic mass is 10.0. The van der Waals surface area contributed by atoms with Gasteiger partial charge < -0.3 is 15.8 Å². The molecule has 1 atom stereocenters. The first-order valence-corrected chi connectivity index (χ1v) is 6.94. The first-order chi connectivity index (χ1) is 10.2. The molecule has 4 nitrogen and oxygen atoms in total. The molecule has 1 aromatic rings. The van der Waals surface area contributed by atoms with Gasteiger partial charge in [-0.25, -0.2) is 0 Å². The Hall–Kier alpha value is -1.60. The third kappa shape index (κ3) is 6.91. The number of nitrogens with two attached hydrogens (primary N) is 1. The summed E-state index contributed by atoms with van der Waals surface area (Å²) >= 11 is 0. The molecule has 124 valence electrons. The molecule has 0 radical (unpaired) electrons. The molecule has 0 heterocycles. The predicted octanol–water partition coefficient (Wildman–Crippen LogP) is 2.36. The van der Waals surface area contributed by atoms with Crippen molar-refractivity contribution in [3.8, 4) is 0 Å². The monoisotopic (exact) mass is 318 g/mol. The van der Waals surface area contributed by atoms with E-state index in [4.69, 9.17) is 5.73 Å². The van der Waals surface area contributed by atoms with Crippen LogP contribution < -0.4 is 11.1 Å². The Balaban J connectivity index is 2.49. The van der Waals surface area contributed by atoms with E-state index >= 15 is 0 Å². The number of halogens is 3. The number of hydrogen-bond donors (Lipinski definition) is 2. The van der Waals surface area contributed by atoms with Gasteiger partial charge in [0.25, 0.3) is 0 Å². The molecule has 22 heavy (non-hydrogen) atoms. The van der Waals surface area contributed by atoms with Crippen LogP contribution in [-0.4, -0.2) is 24.7 Å². The molecule has 0 aliphatic heterocycles. The minimum Gasteiger partial charge on any atom is -0.367 e. The van der Waals surface area contributed by atoms with Crippen molar-refractivity contribution in [2.45, 2.75) is 39.2 Å². The molecule has 1 rings (SSSR count). The summed E-state index contributed by atoms with van der Waals surface area (Å²) in [7, 11) is 0. The first kappa shape index (κ1) is 18.4. The summed E-state index contributed by atoms with van der Waals surface area (Å²) in [6, 6.07) is 6.25. The zero-order valence-corrected chi connectivity index (χ0v) is 12.6. The van der Waals surface area contributed by atoms with Crippen LogP contribution in [0, 0.1) is 5.92 Å². The molecule has 7 heteroatoms. The second-order valence-corrected chi connectivity index (χ2v) is 5.42. The summed E-state index contributed by atoms with van der Waals surface area (Å²) in [6.07, 6.45) is -4.33. The van der Waals surface area contributed by atoms with Crippen molar-refractivity contribution < 1.29 is 22.7 Å². The maximum Gasteiger partial charge on any atom is 0.411 e. The van der Waals surface area contributed by atoms with E-state index in [-0.39, 0.29) is 25.0 Å². The Bertz CT molecular complexity index is 490. The smallest absolute Gasteiger partial charge is 0.367 e. The van der Waals surface area contributed by atoms with E-state index in [0.29, 0.717) is 5.56 Å². The molecule has 1 aromatic carbocycles. The van der Waals surface area contributed by atoms with Crippen molar-refractivity contribution in [1.29, 1.82) is 0 Å². The lowest BCUT2D eigenvalue weighted by Gasteiger charge is -2.15. The van der Waals surface area contributed by atoms with Crippen LogP contribution in [-0.2, 0) is 22.7 Å². The predicted molar refractivity (Wildman–Crippen MR) is 76.8 cm³/mol. The standard InChI is InChI=1S/C15H21F3N2O2/c1-10(2)13(19)14(21)20-7-11-4-3-5-12(6-11)8-22-9-15(16,17)18/h3-6,10,13H,7-9,19H2,1-2H3,(H,20,21)/t13-/m0/s1. The lowest BCUT2D eigenvalue weighted by molar-refractivity contribution is -0.176. The molecule has 0 saturated heterocycles. The van der Waals surface area contributed by atoms with Gasteiger partial charge in [-0.15, -0.1) is 0 Å². The van der Waals surface area contributed by atoms with E-state index in [1.807, 2.05) is 13.8 Å². The first-order valence-electron chi connectivity index (χ1n) is 6.94. The van der Waals surface area contributed by atoms with Crippen molar-refractivity contribution in [3.05, 3.63) is 35.4 Å². The van der Waals surface area contributed by atoms with Gasteiger partial charge >= 0.3 is 6.18 Å². The number of carbonyl (C=O) groups is 1. The van der Waals surface area contributed by atoms with Crippen molar-refractivity contribution in [3.63, 3.8) is 0 Å². The summed E-state index contributed by atoms with van der Waals surface area (Å²) in [5.41, 5.74) is 7.11. The zero-order chi connectivity index (χ0) is 16.8. The minimum absolute atomic E-state index is 0.0297. The highest BCUT2D eigenvalue weighted by atomic mass is 19.4. The average Bonchev–Trinajstić information content (AvgIpc) is 2.43. The van der Waals surface area contributed by atoms with E-state index in [1.54, 1.807) is 24.3 Å². The van der Waals surface area contributed by atoms with Gasteiger partial charge in [-0.3, -0.25) is 4.79 Å². The van der Waals surface area contributed by atoms with Gasteiger partial charge in [0.2, 0.25) is 5.91 Å². The van der Waals surface area contributed by atoms with Crippen LogP contribution in [0.3, 0.4) is 0 Å². The maximum absolute atomic E-state index is 12.0. The Kier molecular flexibility index (Phi) is 6.83. The molecule has 0 unspecified atom stereocenters. The van der Waals surface area contributed by atoms with Crippen LogP contribution >= 0.6 is 0 Å². The highest BCUT2D eigenvalue weighted by molar-refractivity contribution is 5.81. The molecule has 0 aliphatic rings. The van der Waals surface area contributed by atoms with Crippen molar-refractivity contribution >= 4 is 5.91 Å². The second-order valence-electron chi connectivity index (χ2n) is 5.42. The van der Waals surface area contributed by atoms with E-state index in [1.165, 1.54) is 0 Å². The molecule has 0 saturated carbocycles. The molecule has 0 aromatic heterocycles. The molecular weight excluding hydrogens is 297 g/mol. The van der Waals surface area contributed by atoms with Gasteiger partial charge in [-0.05, 0) is 17.0 Å². The van der Waals surface area contributed by atoms with Gasteiger partial charge in [0.1, 0.15) is 6.61 Å². The van der Waals surface area contributed by atoms with E-state index in [0.717, 1.165) is 5.56 Å². The molecule has 0 aliphatic carbocycles. The van der Waals surface area contributed by atoms with E-state index in [9.17, 15) is 18.0 Å². The third-order valence-electron chi connectivity index (χ3n) is 3.01.